The maximum atomic E-state index is 13.2. The molecule has 0 saturated carbocycles. The van der Waals surface area contributed by atoms with Gasteiger partial charge in [-0.2, -0.15) is 13.2 Å². The molecule has 0 fully saturated rings. The number of fused-ring (bicyclic) bond motifs is 1. The fourth-order valence-electron chi connectivity index (χ4n) is 3.36. The zero-order valence-electron chi connectivity index (χ0n) is 18.2. The number of aliphatic hydroxyl groups is 1. The maximum absolute atomic E-state index is 13.2. The molecule has 1 aromatic carbocycles. The standard InChI is InChI=1S/C21H30F3N3O4/c1-13-10-27(14(2)12-28)20(30)16-9-15(25-19(29)7-8-21(22,23)24)5-6-17(16)31-18(13)11-26(3)4/h5-6,9,13-14,18,28H,7-8,10-12H2,1-4H3,(H,25,29)/t13-,14-,18+/m0/s1. The van der Waals surface area contributed by atoms with E-state index >= 15 is 0 Å². The van der Waals surface area contributed by atoms with Crippen LogP contribution in [-0.2, 0) is 4.79 Å². The van der Waals surface area contributed by atoms with Crippen molar-refractivity contribution in [2.45, 2.75) is 45.0 Å². The van der Waals surface area contributed by atoms with Crippen LogP contribution < -0.4 is 10.1 Å². The van der Waals surface area contributed by atoms with Crippen molar-refractivity contribution in [2.75, 3.05) is 39.1 Å². The highest BCUT2D eigenvalue weighted by atomic mass is 19.4. The lowest BCUT2D eigenvalue weighted by atomic mass is 9.99. The Morgan fingerprint density at radius 3 is 2.65 bits per heavy atom. The average molecular weight is 445 g/mol. The summed E-state index contributed by atoms with van der Waals surface area (Å²) in [5.41, 5.74) is 0.391. The first kappa shape index (κ1) is 24.9. The SMILES string of the molecule is C[C@H]1CN([C@@H](C)CO)C(=O)c2cc(NC(=O)CCC(F)(F)F)ccc2O[C@@H]1CN(C)C. The average Bonchev–Trinajstić information content (AvgIpc) is 2.68. The topological polar surface area (TPSA) is 82.1 Å². The van der Waals surface area contributed by atoms with Gasteiger partial charge in [-0.25, -0.2) is 0 Å². The van der Waals surface area contributed by atoms with Crippen molar-refractivity contribution in [2.24, 2.45) is 5.92 Å². The van der Waals surface area contributed by atoms with Crippen LogP contribution in [0, 0.1) is 5.92 Å². The van der Waals surface area contributed by atoms with Gasteiger partial charge >= 0.3 is 6.18 Å². The number of halogens is 3. The number of hydrogen-bond acceptors (Lipinski definition) is 5. The summed E-state index contributed by atoms with van der Waals surface area (Å²) < 4.78 is 43.2. The molecule has 174 valence electrons. The summed E-state index contributed by atoms with van der Waals surface area (Å²) in [4.78, 5) is 28.6. The third-order valence-electron chi connectivity index (χ3n) is 5.13. The number of carbonyl (C=O) groups excluding carboxylic acids is 2. The molecule has 7 nitrogen and oxygen atoms in total. The van der Waals surface area contributed by atoms with Crippen molar-refractivity contribution in [1.82, 2.24) is 9.80 Å². The number of ether oxygens (including phenoxy) is 1. The molecule has 1 heterocycles. The Bertz CT molecular complexity index is 786. The van der Waals surface area contributed by atoms with E-state index in [9.17, 15) is 27.9 Å². The van der Waals surface area contributed by atoms with Crippen LogP contribution in [0.4, 0.5) is 18.9 Å². The Morgan fingerprint density at radius 2 is 2.06 bits per heavy atom. The number of carbonyl (C=O) groups is 2. The molecule has 0 unspecified atom stereocenters. The van der Waals surface area contributed by atoms with Gasteiger partial charge < -0.3 is 25.0 Å². The molecule has 0 bridgehead atoms. The first-order chi connectivity index (χ1) is 14.4. The highest BCUT2D eigenvalue weighted by Gasteiger charge is 2.33. The molecule has 0 aliphatic carbocycles. The minimum absolute atomic E-state index is 0.0183. The summed E-state index contributed by atoms with van der Waals surface area (Å²) in [6.07, 6.45) is -6.59. The Balaban J connectivity index is 2.34. The normalized spacial score (nSPS) is 20.5. The van der Waals surface area contributed by atoms with Crippen molar-refractivity contribution in [3.8, 4) is 5.75 Å². The van der Waals surface area contributed by atoms with Crippen LogP contribution in [-0.4, -0.2) is 78.8 Å². The Hall–Kier alpha value is -2.33. The largest absolute Gasteiger partial charge is 0.488 e. The number of alkyl halides is 3. The van der Waals surface area contributed by atoms with Crippen LogP contribution in [0.5, 0.6) is 5.75 Å². The van der Waals surface area contributed by atoms with E-state index in [0.717, 1.165) is 0 Å². The zero-order valence-corrected chi connectivity index (χ0v) is 18.2. The summed E-state index contributed by atoms with van der Waals surface area (Å²) in [6.45, 7) is 4.45. The predicted octanol–water partition coefficient (Wildman–Crippen LogP) is 2.75. The third-order valence-corrected chi connectivity index (χ3v) is 5.13. The molecule has 3 atom stereocenters. The fourth-order valence-corrected chi connectivity index (χ4v) is 3.36. The smallest absolute Gasteiger partial charge is 0.389 e. The van der Waals surface area contributed by atoms with E-state index in [2.05, 4.69) is 5.32 Å². The van der Waals surface area contributed by atoms with Crippen molar-refractivity contribution < 1.29 is 32.6 Å². The number of amides is 2. The summed E-state index contributed by atoms with van der Waals surface area (Å²) in [7, 11) is 3.82. The Kier molecular flexibility index (Phi) is 8.30. The van der Waals surface area contributed by atoms with Gasteiger partial charge in [-0.3, -0.25) is 9.59 Å². The van der Waals surface area contributed by atoms with Crippen molar-refractivity contribution in [3.63, 3.8) is 0 Å². The monoisotopic (exact) mass is 445 g/mol. The number of rotatable bonds is 7. The highest BCUT2D eigenvalue weighted by Crippen LogP contribution is 2.31. The third kappa shape index (κ3) is 7.10. The molecular weight excluding hydrogens is 415 g/mol. The molecule has 2 amide bonds. The number of aliphatic hydroxyl groups excluding tert-OH is 1. The Labute approximate surface area is 180 Å². The Morgan fingerprint density at radius 1 is 1.39 bits per heavy atom. The molecule has 0 aromatic heterocycles. The lowest BCUT2D eigenvalue weighted by Gasteiger charge is -2.37. The van der Waals surface area contributed by atoms with Crippen molar-refractivity contribution in [3.05, 3.63) is 23.8 Å². The molecule has 1 aliphatic rings. The van der Waals surface area contributed by atoms with Crippen LogP contribution in [0.15, 0.2) is 18.2 Å². The molecular formula is C21H30F3N3O4. The van der Waals surface area contributed by atoms with Crippen LogP contribution >= 0.6 is 0 Å². The molecule has 2 rings (SSSR count). The molecule has 10 heteroatoms. The van der Waals surface area contributed by atoms with Gasteiger partial charge in [0, 0.05) is 31.1 Å². The van der Waals surface area contributed by atoms with Gasteiger partial charge in [0.25, 0.3) is 5.91 Å². The second-order valence-corrected chi connectivity index (χ2v) is 8.26. The predicted molar refractivity (Wildman–Crippen MR) is 110 cm³/mol. The minimum atomic E-state index is -4.42. The van der Waals surface area contributed by atoms with Crippen LogP contribution in [0.2, 0.25) is 0 Å². The van der Waals surface area contributed by atoms with Gasteiger partial charge in [0.15, 0.2) is 0 Å². The first-order valence-corrected chi connectivity index (χ1v) is 10.1. The molecule has 0 saturated heterocycles. The minimum Gasteiger partial charge on any atom is -0.488 e. The van der Waals surface area contributed by atoms with E-state index in [1.807, 2.05) is 25.9 Å². The second-order valence-electron chi connectivity index (χ2n) is 8.26. The van der Waals surface area contributed by atoms with E-state index in [-0.39, 0.29) is 35.8 Å². The number of benzene rings is 1. The van der Waals surface area contributed by atoms with E-state index in [0.29, 0.717) is 18.8 Å². The van der Waals surface area contributed by atoms with E-state index < -0.39 is 31.0 Å². The van der Waals surface area contributed by atoms with E-state index in [1.54, 1.807) is 11.8 Å². The van der Waals surface area contributed by atoms with E-state index in [4.69, 9.17) is 4.74 Å². The van der Waals surface area contributed by atoms with Crippen LogP contribution in [0.1, 0.15) is 37.0 Å². The second kappa shape index (κ2) is 10.3. The zero-order chi connectivity index (χ0) is 23.3. The number of hydrogen-bond donors (Lipinski definition) is 2. The van der Waals surface area contributed by atoms with Gasteiger partial charge in [0.1, 0.15) is 11.9 Å². The fraction of sp³-hybridized carbons (Fsp3) is 0.619. The van der Waals surface area contributed by atoms with Crippen molar-refractivity contribution in [1.29, 1.82) is 0 Å². The van der Waals surface area contributed by atoms with Gasteiger partial charge in [0.2, 0.25) is 5.91 Å². The summed E-state index contributed by atoms with van der Waals surface area (Å²) >= 11 is 0. The number of nitrogens with one attached hydrogen (secondary N) is 1. The maximum Gasteiger partial charge on any atom is 0.389 e. The van der Waals surface area contributed by atoms with E-state index in [1.165, 1.54) is 18.2 Å². The summed E-state index contributed by atoms with van der Waals surface area (Å²) in [6, 6.07) is 4.00. The molecule has 31 heavy (non-hydrogen) atoms. The molecule has 0 spiro atoms. The summed E-state index contributed by atoms with van der Waals surface area (Å²) in [5.74, 6) is -0.864. The van der Waals surface area contributed by atoms with Crippen molar-refractivity contribution >= 4 is 17.5 Å². The van der Waals surface area contributed by atoms with Gasteiger partial charge in [-0.05, 0) is 39.2 Å². The molecule has 0 radical (unpaired) electrons. The quantitative estimate of drug-likeness (QED) is 0.675. The first-order valence-electron chi connectivity index (χ1n) is 10.1. The molecule has 1 aromatic rings. The van der Waals surface area contributed by atoms with Crippen LogP contribution in [0.25, 0.3) is 0 Å². The molecule has 1 aliphatic heterocycles. The highest BCUT2D eigenvalue weighted by molar-refractivity contribution is 5.99. The number of anilines is 1. The lowest BCUT2D eigenvalue weighted by Crippen LogP contribution is -2.49. The lowest BCUT2D eigenvalue weighted by molar-refractivity contribution is -0.142. The van der Waals surface area contributed by atoms with Gasteiger partial charge in [-0.15, -0.1) is 0 Å². The van der Waals surface area contributed by atoms with Gasteiger partial charge in [0.05, 0.1) is 24.6 Å². The molecule has 2 N–H and O–H groups in total. The van der Waals surface area contributed by atoms with Gasteiger partial charge in [-0.1, -0.05) is 6.92 Å². The number of likely N-dealkylation sites (N-methyl/N-ethyl adjacent to an activating group) is 1. The summed E-state index contributed by atoms with van der Waals surface area (Å²) in [5, 5.41) is 12.0. The van der Waals surface area contributed by atoms with Crippen LogP contribution in [0.3, 0.4) is 0 Å². The number of nitrogens with zero attached hydrogens (tertiary/aromatic N) is 2.